The minimum absolute atomic E-state index is 0.0211. The van der Waals surface area contributed by atoms with Crippen LogP contribution >= 0.6 is 0 Å². The van der Waals surface area contributed by atoms with E-state index in [4.69, 9.17) is 0 Å². The van der Waals surface area contributed by atoms with Crippen LogP contribution < -0.4 is 10.9 Å². The van der Waals surface area contributed by atoms with E-state index in [2.05, 4.69) is 9.97 Å². The summed E-state index contributed by atoms with van der Waals surface area (Å²) >= 11 is -2.49. The molecule has 1 atom stereocenters. The standard InChI is InChI=1S/C20H12N2O7S2/c23-19-11-5-9(30(25)26)1-3-15(11)21-17-8-14-18(7-13(17)19)22-16-4-2-10(31(27,28)29)6-12(16)20(14)24/h1-8H,(H,21,23)(H,22,24)(H,25,26)(H,27,28,29)/p-1. The first-order valence-corrected chi connectivity index (χ1v) is 11.3. The topological polar surface area (TPSA) is 160 Å². The van der Waals surface area contributed by atoms with Gasteiger partial charge in [0.15, 0.2) is 10.9 Å². The van der Waals surface area contributed by atoms with Gasteiger partial charge in [0.2, 0.25) is 0 Å². The molecule has 0 amide bonds. The predicted octanol–water partition coefficient (Wildman–Crippen LogP) is 2.16. The number of fused-ring (bicyclic) bond motifs is 4. The molecule has 3 N–H and O–H groups in total. The monoisotopic (exact) mass is 455 g/mol. The van der Waals surface area contributed by atoms with Gasteiger partial charge in [0.1, 0.15) is 0 Å². The van der Waals surface area contributed by atoms with Crippen LogP contribution in [0.3, 0.4) is 0 Å². The van der Waals surface area contributed by atoms with Crippen LogP contribution in [0.5, 0.6) is 0 Å². The molecule has 0 spiro atoms. The predicted molar refractivity (Wildman–Crippen MR) is 115 cm³/mol. The van der Waals surface area contributed by atoms with Crippen LogP contribution in [0.1, 0.15) is 0 Å². The lowest BCUT2D eigenvalue weighted by molar-refractivity contribution is 0.483. The molecule has 0 aliphatic carbocycles. The van der Waals surface area contributed by atoms with E-state index in [1.54, 1.807) is 0 Å². The fourth-order valence-corrected chi connectivity index (χ4v) is 4.57. The molecule has 0 radical (unpaired) electrons. The van der Waals surface area contributed by atoms with Crippen molar-refractivity contribution in [2.75, 3.05) is 0 Å². The minimum Gasteiger partial charge on any atom is -0.768 e. The van der Waals surface area contributed by atoms with Gasteiger partial charge in [-0.15, -0.1) is 0 Å². The molecule has 31 heavy (non-hydrogen) atoms. The van der Waals surface area contributed by atoms with Crippen LogP contribution in [0.2, 0.25) is 0 Å². The highest BCUT2D eigenvalue weighted by Gasteiger charge is 2.15. The number of hydrogen-bond donors (Lipinski definition) is 3. The Hall–Kier alpha value is -3.38. The zero-order valence-corrected chi connectivity index (χ0v) is 17.0. The number of H-pyrrole nitrogens is 2. The smallest absolute Gasteiger partial charge is 0.294 e. The van der Waals surface area contributed by atoms with Gasteiger partial charge in [-0.1, -0.05) is 0 Å². The third-order valence-electron chi connectivity index (χ3n) is 5.15. The van der Waals surface area contributed by atoms with E-state index >= 15 is 0 Å². The Balaban J connectivity index is 1.89. The maximum absolute atomic E-state index is 13.0. The molecule has 156 valence electrons. The Kier molecular flexibility index (Phi) is 4.14. The summed E-state index contributed by atoms with van der Waals surface area (Å²) in [5, 5.41) is 0.709. The van der Waals surface area contributed by atoms with Crippen LogP contribution in [0.25, 0.3) is 43.6 Å². The zero-order valence-electron chi connectivity index (χ0n) is 15.3. The maximum Gasteiger partial charge on any atom is 0.294 e. The van der Waals surface area contributed by atoms with E-state index in [0.29, 0.717) is 22.1 Å². The minimum atomic E-state index is -4.48. The fourth-order valence-electron chi connectivity index (χ4n) is 3.67. The molecule has 5 aromatic rings. The second-order valence-electron chi connectivity index (χ2n) is 6.98. The van der Waals surface area contributed by atoms with Gasteiger partial charge in [-0.05, 0) is 59.6 Å². The second kappa shape index (κ2) is 6.56. The molecule has 2 heterocycles. The van der Waals surface area contributed by atoms with E-state index in [0.717, 1.165) is 12.1 Å². The summed E-state index contributed by atoms with van der Waals surface area (Å²) in [4.78, 5) is 31.6. The third-order valence-corrected chi connectivity index (χ3v) is 6.64. The van der Waals surface area contributed by atoms with Crippen molar-refractivity contribution >= 4 is 64.8 Å². The number of benzene rings is 3. The first-order chi connectivity index (χ1) is 14.6. The summed E-state index contributed by atoms with van der Waals surface area (Å²) in [6.07, 6.45) is 0. The summed E-state index contributed by atoms with van der Waals surface area (Å²) < 4.78 is 54.6. The van der Waals surface area contributed by atoms with Crippen LogP contribution in [-0.2, 0) is 21.2 Å². The first-order valence-electron chi connectivity index (χ1n) is 8.80. The lowest BCUT2D eigenvalue weighted by Gasteiger charge is -2.09. The van der Waals surface area contributed by atoms with Gasteiger partial charge in [0, 0.05) is 37.5 Å². The van der Waals surface area contributed by atoms with Gasteiger partial charge < -0.3 is 14.5 Å². The molecule has 0 aliphatic rings. The zero-order chi connectivity index (χ0) is 22.1. The summed E-state index contributed by atoms with van der Waals surface area (Å²) in [6, 6.07) is 10.7. The van der Waals surface area contributed by atoms with E-state index in [-0.39, 0.29) is 26.4 Å². The molecule has 0 fully saturated rings. The van der Waals surface area contributed by atoms with Gasteiger partial charge in [-0.3, -0.25) is 18.4 Å². The number of aromatic amines is 2. The second-order valence-corrected chi connectivity index (χ2v) is 9.34. The number of hydrogen-bond acceptors (Lipinski definition) is 6. The largest absolute Gasteiger partial charge is 0.768 e. The van der Waals surface area contributed by atoms with Crippen molar-refractivity contribution in [3.63, 3.8) is 0 Å². The van der Waals surface area contributed by atoms with E-state index < -0.39 is 37.0 Å². The Bertz CT molecular complexity index is 1840. The highest BCUT2D eigenvalue weighted by atomic mass is 32.2. The molecule has 0 saturated carbocycles. The molecule has 9 nitrogen and oxygen atoms in total. The van der Waals surface area contributed by atoms with Crippen LogP contribution in [0.4, 0.5) is 0 Å². The molecule has 3 aromatic carbocycles. The van der Waals surface area contributed by atoms with Crippen molar-refractivity contribution in [3.05, 3.63) is 69.0 Å². The molecule has 2 aromatic heterocycles. The van der Waals surface area contributed by atoms with Gasteiger partial charge in [0.25, 0.3) is 10.1 Å². The third kappa shape index (κ3) is 3.06. The summed E-state index contributed by atoms with van der Waals surface area (Å²) in [5.74, 6) is 0. The lowest BCUT2D eigenvalue weighted by atomic mass is 10.1. The highest BCUT2D eigenvalue weighted by molar-refractivity contribution is 7.85. The Morgan fingerprint density at radius 1 is 0.742 bits per heavy atom. The van der Waals surface area contributed by atoms with Crippen molar-refractivity contribution in [1.29, 1.82) is 0 Å². The number of nitrogens with one attached hydrogen (secondary N) is 2. The average Bonchev–Trinajstić information content (AvgIpc) is 2.72. The SMILES string of the molecule is O=c1c2cc(S(=O)[O-])ccc2[nH]c2cc3c(=O)c4cc(S(=O)(=O)O)ccc4[nH]c3cc12. The van der Waals surface area contributed by atoms with Crippen molar-refractivity contribution in [3.8, 4) is 0 Å². The Morgan fingerprint density at radius 2 is 1.23 bits per heavy atom. The molecule has 0 aliphatic heterocycles. The van der Waals surface area contributed by atoms with E-state index in [1.165, 1.54) is 36.4 Å². The summed E-state index contributed by atoms with van der Waals surface area (Å²) in [5.41, 5.74) is 0.548. The first kappa shape index (κ1) is 19.6. The van der Waals surface area contributed by atoms with Crippen LogP contribution in [0.15, 0.2) is 67.9 Å². The Labute approximate surface area is 175 Å². The molecule has 1 unspecified atom stereocenters. The van der Waals surface area contributed by atoms with Gasteiger partial charge in [0.05, 0.1) is 15.9 Å². The molecular weight excluding hydrogens is 444 g/mol. The maximum atomic E-state index is 13.0. The van der Waals surface area contributed by atoms with E-state index in [9.17, 15) is 31.3 Å². The molecular formula is C20H11N2O7S2-. The Morgan fingerprint density at radius 3 is 1.74 bits per heavy atom. The molecule has 0 saturated heterocycles. The van der Waals surface area contributed by atoms with Gasteiger partial charge >= 0.3 is 0 Å². The van der Waals surface area contributed by atoms with Crippen LogP contribution in [-0.4, -0.2) is 31.7 Å². The van der Waals surface area contributed by atoms with Gasteiger partial charge in [-0.2, -0.15) is 8.42 Å². The van der Waals surface area contributed by atoms with Crippen molar-refractivity contribution in [2.45, 2.75) is 9.79 Å². The van der Waals surface area contributed by atoms with Crippen molar-refractivity contribution in [2.24, 2.45) is 0 Å². The molecule has 5 rings (SSSR count). The van der Waals surface area contributed by atoms with Crippen molar-refractivity contribution < 1.29 is 21.7 Å². The quantitative estimate of drug-likeness (QED) is 0.209. The average molecular weight is 455 g/mol. The van der Waals surface area contributed by atoms with Crippen molar-refractivity contribution in [1.82, 2.24) is 9.97 Å². The normalized spacial score (nSPS) is 13.4. The van der Waals surface area contributed by atoms with Crippen LogP contribution in [0, 0.1) is 0 Å². The van der Waals surface area contributed by atoms with E-state index in [1.807, 2.05) is 0 Å². The summed E-state index contributed by atoms with van der Waals surface area (Å²) in [7, 11) is -4.48. The highest BCUT2D eigenvalue weighted by Crippen LogP contribution is 2.23. The summed E-state index contributed by atoms with van der Waals surface area (Å²) in [6.45, 7) is 0. The fraction of sp³-hybridized carbons (Fsp3) is 0. The lowest BCUT2D eigenvalue weighted by Crippen LogP contribution is -2.09. The number of rotatable bonds is 2. The number of pyridine rings is 2. The van der Waals surface area contributed by atoms with Gasteiger partial charge in [-0.25, -0.2) is 0 Å². The molecule has 11 heteroatoms. The molecule has 0 bridgehead atoms. The number of aromatic nitrogens is 2.